The fourth-order valence-electron chi connectivity index (χ4n) is 2.39. The van der Waals surface area contributed by atoms with Crippen LogP contribution in [0.3, 0.4) is 0 Å². The molecule has 0 saturated heterocycles. The Balaban J connectivity index is 2.09. The van der Waals surface area contributed by atoms with E-state index in [1.54, 1.807) is 11.8 Å². The summed E-state index contributed by atoms with van der Waals surface area (Å²) in [6.45, 7) is 3.68. The lowest BCUT2D eigenvalue weighted by Gasteiger charge is -2.21. The predicted octanol–water partition coefficient (Wildman–Crippen LogP) is 2.91. The Kier molecular flexibility index (Phi) is 6.39. The van der Waals surface area contributed by atoms with Crippen molar-refractivity contribution in [2.75, 3.05) is 19.5 Å². The Morgan fingerprint density at radius 3 is 2.64 bits per heavy atom. The first-order valence-electron chi connectivity index (χ1n) is 7.58. The SMILES string of the molecule is CCCCC(NCc1cc2c(cc1SC)OCCO2)C(=O)O. The van der Waals surface area contributed by atoms with E-state index in [2.05, 4.69) is 12.2 Å². The molecule has 0 bridgehead atoms. The molecule has 1 unspecified atom stereocenters. The van der Waals surface area contributed by atoms with Gasteiger partial charge in [0.25, 0.3) is 0 Å². The summed E-state index contributed by atoms with van der Waals surface area (Å²) in [6.07, 6.45) is 4.54. The van der Waals surface area contributed by atoms with Crippen LogP contribution in [0.2, 0.25) is 0 Å². The van der Waals surface area contributed by atoms with Gasteiger partial charge in [-0.3, -0.25) is 4.79 Å². The molecule has 0 aliphatic carbocycles. The van der Waals surface area contributed by atoms with Crippen molar-refractivity contribution in [2.24, 2.45) is 0 Å². The maximum atomic E-state index is 11.3. The van der Waals surface area contributed by atoms with E-state index >= 15 is 0 Å². The molecule has 0 radical (unpaired) electrons. The van der Waals surface area contributed by atoms with E-state index in [-0.39, 0.29) is 0 Å². The van der Waals surface area contributed by atoms with Crippen molar-refractivity contribution in [3.05, 3.63) is 17.7 Å². The molecule has 1 atom stereocenters. The van der Waals surface area contributed by atoms with Gasteiger partial charge < -0.3 is 19.9 Å². The molecule has 22 heavy (non-hydrogen) atoms. The van der Waals surface area contributed by atoms with Crippen LogP contribution >= 0.6 is 11.8 Å². The van der Waals surface area contributed by atoms with Crippen LogP contribution in [0.15, 0.2) is 17.0 Å². The fraction of sp³-hybridized carbons (Fsp3) is 0.562. The maximum Gasteiger partial charge on any atom is 0.320 e. The van der Waals surface area contributed by atoms with Gasteiger partial charge in [-0.2, -0.15) is 0 Å². The van der Waals surface area contributed by atoms with Crippen LogP contribution < -0.4 is 14.8 Å². The molecule has 5 nitrogen and oxygen atoms in total. The average molecular weight is 325 g/mol. The van der Waals surface area contributed by atoms with Gasteiger partial charge in [-0.05, 0) is 30.4 Å². The molecule has 6 heteroatoms. The number of hydrogen-bond donors (Lipinski definition) is 2. The van der Waals surface area contributed by atoms with Crippen LogP contribution in [0.25, 0.3) is 0 Å². The van der Waals surface area contributed by atoms with Crippen molar-refractivity contribution >= 4 is 17.7 Å². The number of carboxylic acid groups (broad SMARTS) is 1. The molecule has 1 heterocycles. The molecule has 0 aromatic heterocycles. The average Bonchev–Trinajstić information content (AvgIpc) is 2.53. The van der Waals surface area contributed by atoms with Crippen molar-refractivity contribution in [3.8, 4) is 11.5 Å². The van der Waals surface area contributed by atoms with Crippen LogP contribution in [-0.2, 0) is 11.3 Å². The Labute approximate surface area is 135 Å². The number of ether oxygens (including phenoxy) is 2. The Hall–Kier alpha value is -1.40. The molecule has 1 aromatic rings. The molecular formula is C16H23NO4S. The van der Waals surface area contributed by atoms with E-state index in [1.165, 1.54) is 0 Å². The third-order valence-corrected chi connectivity index (χ3v) is 4.45. The smallest absolute Gasteiger partial charge is 0.320 e. The second kappa shape index (κ2) is 8.29. The van der Waals surface area contributed by atoms with Crippen molar-refractivity contribution < 1.29 is 19.4 Å². The topological polar surface area (TPSA) is 67.8 Å². The molecule has 2 rings (SSSR count). The van der Waals surface area contributed by atoms with Crippen LogP contribution in [-0.4, -0.2) is 36.6 Å². The number of carboxylic acids is 1. The third-order valence-electron chi connectivity index (χ3n) is 3.63. The molecule has 1 aliphatic rings. The number of nitrogens with one attached hydrogen (secondary N) is 1. The molecule has 0 amide bonds. The monoisotopic (exact) mass is 325 g/mol. The molecule has 2 N–H and O–H groups in total. The highest BCUT2D eigenvalue weighted by Gasteiger charge is 2.19. The maximum absolute atomic E-state index is 11.3. The second-order valence-corrected chi connectivity index (χ2v) is 6.07. The van der Waals surface area contributed by atoms with Gasteiger partial charge in [0.05, 0.1) is 0 Å². The highest BCUT2D eigenvalue weighted by Crippen LogP contribution is 2.36. The van der Waals surface area contributed by atoms with Crippen molar-refractivity contribution in [2.45, 2.75) is 43.7 Å². The summed E-state index contributed by atoms with van der Waals surface area (Å²) in [5.74, 6) is 0.707. The van der Waals surface area contributed by atoms with Crippen LogP contribution in [0.4, 0.5) is 0 Å². The van der Waals surface area contributed by atoms with E-state index in [0.717, 1.165) is 34.8 Å². The number of thioether (sulfide) groups is 1. The standard InChI is InChI=1S/C16H23NO4S/c1-3-4-5-12(16(18)19)17-10-11-8-13-14(9-15(11)22-2)21-7-6-20-13/h8-9,12,17H,3-7,10H2,1-2H3,(H,18,19). The zero-order valence-electron chi connectivity index (χ0n) is 13.1. The summed E-state index contributed by atoms with van der Waals surface area (Å²) in [5.41, 5.74) is 1.04. The van der Waals surface area contributed by atoms with Gasteiger partial charge >= 0.3 is 5.97 Å². The molecule has 0 saturated carbocycles. The van der Waals surface area contributed by atoms with Gasteiger partial charge in [0.2, 0.25) is 0 Å². The highest BCUT2D eigenvalue weighted by atomic mass is 32.2. The van der Waals surface area contributed by atoms with Crippen molar-refractivity contribution in [3.63, 3.8) is 0 Å². The molecule has 0 fully saturated rings. The molecule has 1 aliphatic heterocycles. The lowest BCUT2D eigenvalue weighted by molar-refractivity contribution is -0.139. The van der Waals surface area contributed by atoms with E-state index in [4.69, 9.17) is 9.47 Å². The van der Waals surface area contributed by atoms with E-state index in [9.17, 15) is 9.90 Å². The zero-order valence-corrected chi connectivity index (χ0v) is 13.9. The first kappa shape index (κ1) is 17.0. The molecule has 1 aromatic carbocycles. The Morgan fingerprint density at radius 2 is 2.05 bits per heavy atom. The number of rotatable bonds is 8. The number of hydrogen-bond acceptors (Lipinski definition) is 5. The minimum Gasteiger partial charge on any atom is -0.486 e. The van der Waals surface area contributed by atoms with Crippen molar-refractivity contribution in [1.29, 1.82) is 0 Å². The number of carbonyl (C=O) groups is 1. The first-order valence-corrected chi connectivity index (χ1v) is 8.80. The Bertz CT molecular complexity index is 521. The lowest BCUT2D eigenvalue weighted by atomic mass is 10.1. The Morgan fingerprint density at radius 1 is 1.36 bits per heavy atom. The predicted molar refractivity (Wildman–Crippen MR) is 87.0 cm³/mol. The number of unbranched alkanes of at least 4 members (excludes halogenated alkanes) is 1. The minimum atomic E-state index is -0.795. The van der Waals surface area contributed by atoms with Gasteiger partial charge in [-0.15, -0.1) is 11.8 Å². The molecule has 0 spiro atoms. The van der Waals surface area contributed by atoms with Gasteiger partial charge in [0.1, 0.15) is 19.3 Å². The third kappa shape index (κ3) is 4.30. The zero-order chi connectivity index (χ0) is 15.9. The van der Waals surface area contributed by atoms with Gasteiger partial charge in [0.15, 0.2) is 11.5 Å². The van der Waals surface area contributed by atoms with Crippen LogP contribution in [0.5, 0.6) is 11.5 Å². The van der Waals surface area contributed by atoms with Crippen LogP contribution in [0.1, 0.15) is 31.7 Å². The summed E-state index contributed by atoms with van der Waals surface area (Å²) >= 11 is 1.62. The summed E-state index contributed by atoms with van der Waals surface area (Å²) < 4.78 is 11.2. The summed E-state index contributed by atoms with van der Waals surface area (Å²) in [5, 5.41) is 12.4. The van der Waals surface area contributed by atoms with Crippen molar-refractivity contribution in [1.82, 2.24) is 5.32 Å². The molecule has 122 valence electrons. The number of benzene rings is 1. The highest BCUT2D eigenvalue weighted by molar-refractivity contribution is 7.98. The van der Waals surface area contributed by atoms with Crippen LogP contribution in [0, 0.1) is 0 Å². The normalized spacial score (nSPS) is 14.6. The van der Waals surface area contributed by atoms with E-state index in [1.807, 2.05) is 18.4 Å². The summed E-state index contributed by atoms with van der Waals surface area (Å²) in [4.78, 5) is 12.4. The largest absolute Gasteiger partial charge is 0.486 e. The number of aliphatic carboxylic acids is 1. The van der Waals surface area contributed by atoms with E-state index in [0.29, 0.717) is 26.2 Å². The lowest BCUT2D eigenvalue weighted by Crippen LogP contribution is -2.36. The summed E-state index contributed by atoms with van der Waals surface area (Å²) in [6, 6.07) is 3.41. The van der Waals surface area contributed by atoms with Gasteiger partial charge in [-0.25, -0.2) is 0 Å². The first-order chi connectivity index (χ1) is 10.7. The molecular weight excluding hydrogens is 302 g/mol. The van der Waals surface area contributed by atoms with Gasteiger partial charge in [0, 0.05) is 11.4 Å². The minimum absolute atomic E-state index is 0.507. The number of fused-ring (bicyclic) bond motifs is 1. The van der Waals surface area contributed by atoms with E-state index < -0.39 is 12.0 Å². The second-order valence-electron chi connectivity index (χ2n) is 5.22. The summed E-state index contributed by atoms with van der Waals surface area (Å²) in [7, 11) is 0. The van der Waals surface area contributed by atoms with Gasteiger partial charge in [-0.1, -0.05) is 19.8 Å². The fourth-order valence-corrected chi connectivity index (χ4v) is 3.01. The quantitative estimate of drug-likeness (QED) is 0.716.